The van der Waals surface area contributed by atoms with E-state index in [0.717, 1.165) is 5.56 Å². The molecule has 3 nitrogen and oxygen atoms in total. The summed E-state index contributed by atoms with van der Waals surface area (Å²) in [4.78, 5) is 0. The Kier molecular flexibility index (Phi) is 5.75. The van der Waals surface area contributed by atoms with Gasteiger partial charge in [0.15, 0.2) is 0 Å². The van der Waals surface area contributed by atoms with Crippen LogP contribution in [0, 0.1) is 5.82 Å². The minimum Gasteiger partial charge on any atom is -0.313 e. The van der Waals surface area contributed by atoms with Crippen molar-refractivity contribution in [3.8, 4) is 0 Å². The molecule has 1 rings (SSSR count). The summed E-state index contributed by atoms with van der Waals surface area (Å²) in [6.45, 7) is 1.65. The summed E-state index contributed by atoms with van der Waals surface area (Å²) in [5, 5.41) is 3.09. The molecule has 0 bridgehead atoms. The normalized spacial score (nSPS) is 13.5. The molecule has 1 N–H and O–H groups in total. The van der Waals surface area contributed by atoms with E-state index in [2.05, 4.69) is 5.32 Å². The Morgan fingerprint density at radius 3 is 2.67 bits per heavy atom. The van der Waals surface area contributed by atoms with Gasteiger partial charge in [-0.05, 0) is 37.6 Å². The zero-order valence-electron chi connectivity index (χ0n) is 10.8. The molecular weight excluding hydrogens is 253 g/mol. The summed E-state index contributed by atoms with van der Waals surface area (Å²) >= 11 is 0. The maximum Gasteiger partial charge on any atom is 0.150 e. The number of hydrogen-bond donors (Lipinski definition) is 1. The van der Waals surface area contributed by atoms with E-state index in [1.54, 1.807) is 20.0 Å². The van der Waals surface area contributed by atoms with E-state index in [9.17, 15) is 12.8 Å². The maximum absolute atomic E-state index is 13.1. The van der Waals surface area contributed by atoms with Crippen molar-refractivity contribution in [1.29, 1.82) is 0 Å². The monoisotopic (exact) mass is 273 g/mol. The van der Waals surface area contributed by atoms with Gasteiger partial charge in [-0.15, -0.1) is 0 Å². The first-order valence-electron chi connectivity index (χ1n) is 6.11. The average Bonchev–Trinajstić information content (AvgIpc) is 2.34. The summed E-state index contributed by atoms with van der Waals surface area (Å²) in [5.74, 6) is 0.0997. The third-order valence-corrected chi connectivity index (χ3v) is 4.78. The van der Waals surface area contributed by atoms with Crippen molar-refractivity contribution in [2.24, 2.45) is 0 Å². The van der Waals surface area contributed by atoms with Gasteiger partial charge in [0.25, 0.3) is 0 Å². The summed E-state index contributed by atoms with van der Waals surface area (Å²) in [6.07, 6.45) is 1.26. The molecule has 0 heterocycles. The van der Waals surface area contributed by atoms with Gasteiger partial charge in [-0.25, -0.2) is 12.8 Å². The molecule has 0 aliphatic heterocycles. The number of benzene rings is 1. The SMILES string of the molecule is CCS(=O)(=O)CCCC(NC)c1cccc(F)c1. The number of sulfone groups is 1. The highest BCUT2D eigenvalue weighted by molar-refractivity contribution is 7.91. The fourth-order valence-electron chi connectivity index (χ4n) is 1.85. The average molecular weight is 273 g/mol. The maximum atomic E-state index is 13.1. The molecule has 0 aromatic heterocycles. The summed E-state index contributed by atoms with van der Waals surface area (Å²) < 4.78 is 35.9. The fourth-order valence-corrected chi connectivity index (χ4v) is 2.75. The lowest BCUT2D eigenvalue weighted by Crippen LogP contribution is -2.18. The van der Waals surface area contributed by atoms with Crippen LogP contribution in [-0.4, -0.2) is 27.0 Å². The molecule has 0 saturated heterocycles. The van der Waals surface area contributed by atoms with Crippen LogP contribution < -0.4 is 5.32 Å². The van der Waals surface area contributed by atoms with Gasteiger partial charge in [0.2, 0.25) is 0 Å². The lowest BCUT2D eigenvalue weighted by Gasteiger charge is -2.16. The fraction of sp³-hybridized carbons (Fsp3) is 0.538. The van der Waals surface area contributed by atoms with E-state index in [0.29, 0.717) is 12.8 Å². The second kappa shape index (κ2) is 6.85. The van der Waals surface area contributed by atoms with Crippen molar-refractivity contribution in [1.82, 2.24) is 5.32 Å². The molecule has 0 radical (unpaired) electrons. The molecule has 102 valence electrons. The number of nitrogens with one attached hydrogen (secondary N) is 1. The molecule has 1 aromatic rings. The van der Waals surface area contributed by atoms with Gasteiger partial charge in [-0.3, -0.25) is 0 Å². The molecule has 0 aliphatic rings. The van der Waals surface area contributed by atoms with Crippen LogP contribution in [0.25, 0.3) is 0 Å². The highest BCUT2D eigenvalue weighted by Gasteiger charge is 2.12. The molecule has 0 saturated carbocycles. The van der Waals surface area contributed by atoms with E-state index in [4.69, 9.17) is 0 Å². The van der Waals surface area contributed by atoms with Crippen molar-refractivity contribution >= 4 is 9.84 Å². The standard InChI is InChI=1S/C13H20FNO2S/c1-3-18(16,17)9-5-8-13(15-2)11-6-4-7-12(14)10-11/h4,6-7,10,13,15H,3,5,8-9H2,1-2H3. The van der Waals surface area contributed by atoms with E-state index in [-0.39, 0.29) is 23.4 Å². The van der Waals surface area contributed by atoms with E-state index in [1.165, 1.54) is 12.1 Å². The van der Waals surface area contributed by atoms with Gasteiger partial charge in [-0.1, -0.05) is 19.1 Å². The molecule has 1 unspecified atom stereocenters. The molecule has 5 heteroatoms. The van der Waals surface area contributed by atoms with Gasteiger partial charge in [0.05, 0.1) is 5.75 Å². The Balaban J connectivity index is 2.58. The third kappa shape index (κ3) is 4.74. The topological polar surface area (TPSA) is 46.2 Å². The zero-order chi connectivity index (χ0) is 13.6. The van der Waals surface area contributed by atoms with Crippen molar-refractivity contribution in [3.63, 3.8) is 0 Å². The van der Waals surface area contributed by atoms with Gasteiger partial charge in [-0.2, -0.15) is 0 Å². The largest absolute Gasteiger partial charge is 0.313 e. The van der Waals surface area contributed by atoms with Crippen molar-refractivity contribution in [3.05, 3.63) is 35.6 Å². The lowest BCUT2D eigenvalue weighted by atomic mass is 10.0. The Hall–Kier alpha value is -0.940. The lowest BCUT2D eigenvalue weighted by molar-refractivity contribution is 0.530. The van der Waals surface area contributed by atoms with Gasteiger partial charge >= 0.3 is 0 Å². The Bertz CT molecular complexity index is 474. The van der Waals surface area contributed by atoms with Gasteiger partial charge in [0, 0.05) is 11.8 Å². The number of halogens is 1. The molecule has 1 aromatic carbocycles. The van der Waals surface area contributed by atoms with Crippen LogP contribution in [0.2, 0.25) is 0 Å². The smallest absolute Gasteiger partial charge is 0.150 e. The predicted molar refractivity (Wildman–Crippen MR) is 71.8 cm³/mol. The van der Waals surface area contributed by atoms with Crippen molar-refractivity contribution in [2.75, 3.05) is 18.6 Å². The second-order valence-electron chi connectivity index (χ2n) is 4.27. The van der Waals surface area contributed by atoms with Crippen LogP contribution in [0.1, 0.15) is 31.4 Å². The quantitative estimate of drug-likeness (QED) is 0.829. The van der Waals surface area contributed by atoms with Crippen molar-refractivity contribution < 1.29 is 12.8 Å². The van der Waals surface area contributed by atoms with Gasteiger partial charge < -0.3 is 5.32 Å². The zero-order valence-corrected chi connectivity index (χ0v) is 11.6. The van der Waals surface area contributed by atoms with Crippen LogP contribution in [0.4, 0.5) is 4.39 Å². The van der Waals surface area contributed by atoms with Crippen LogP contribution in [0.3, 0.4) is 0 Å². The van der Waals surface area contributed by atoms with E-state index in [1.807, 2.05) is 6.07 Å². The summed E-state index contributed by atoms with van der Waals surface area (Å²) in [7, 11) is -1.12. The predicted octanol–water partition coefficient (Wildman–Crippen LogP) is 2.30. The first kappa shape index (κ1) is 15.1. The number of hydrogen-bond acceptors (Lipinski definition) is 3. The number of rotatable bonds is 7. The molecule has 0 fully saturated rings. The minimum atomic E-state index is -2.92. The van der Waals surface area contributed by atoms with E-state index < -0.39 is 9.84 Å². The Morgan fingerprint density at radius 2 is 2.11 bits per heavy atom. The first-order valence-corrected chi connectivity index (χ1v) is 7.94. The van der Waals surface area contributed by atoms with Crippen LogP contribution in [0.15, 0.2) is 24.3 Å². The second-order valence-corrected chi connectivity index (χ2v) is 6.75. The minimum absolute atomic E-state index is 0.00671. The third-order valence-electron chi connectivity index (χ3n) is 2.99. The molecule has 0 amide bonds. The Morgan fingerprint density at radius 1 is 1.39 bits per heavy atom. The summed E-state index contributed by atoms with van der Waals surface area (Å²) in [6, 6.07) is 6.39. The summed E-state index contributed by atoms with van der Waals surface area (Å²) in [5.41, 5.74) is 0.853. The Labute approximate surface area is 108 Å². The first-order chi connectivity index (χ1) is 8.48. The van der Waals surface area contributed by atoms with Crippen molar-refractivity contribution in [2.45, 2.75) is 25.8 Å². The highest BCUT2D eigenvalue weighted by Crippen LogP contribution is 2.19. The van der Waals surface area contributed by atoms with Gasteiger partial charge in [0.1, 0.15) is 15.7 Å². The van der Waals surface area contributed by atoms with Crippen LogP contribution in [0.5, 0.6) is 0 Å². The molecule has 18 heavy (non-hydrogen) atoms. The van der Waals surface area contributed by atoms with E-state index >= 15 is 0 Å². The highest BCUT2D eigenvalue weighted by atomic mass is 32.2. The molecule has 1 atom stereocenters. The van der Waals surface area contributed by atoms with Crippen LogP contribution >= 0.6 is 0 Å². The molecule has 0 aliphatic carbocycles. The molecule has 0 spiro atoms. The van der Waals surface area contributed by atoms with Crippen LogP contribution in [-0.2, 0) is 9.84 Å². The molecular formula is C13H20FNO2S.